The van der Waals surface area contributed by atoms with Crippen molar-refractivity contribution in [2.24, 2.45) is 0 Å². The van der Waals surface area contributed by atoms with E-state index in [4.69, 9.17) is 0 Å². The minimum atomic E-state index is -0.731. The molecule has 0 fully saturated rings. The van der Waals surface area contributed by atoms with E-state index in [0.717, 1.165) is 37.2 Å². The van der Waals surface area contributed by atoms with E-state index in [1.165, 1.54) is 10.7 Å². The molecule has 0 saturated heterocycles. The summed E-state index contributed by atoms with van der Waals surface area (Å²) in [5.41, 5.74) is -0.354. The number of hydrogen-bond acceptors (Lipinski definition) is 3. The lowest BCUT2D eigenvalue weighted by atomic mass is 10.1. The number of carbonyl (C=O) groups is 1. The molecule has 2 heterocycles. The van der Waals surface area contributed by atoms with Gasteiger partial charge in [-0.1, -0.05) is 6.07 Å². The molecule has 0 atom stereocenters. The molecule has 3 rings (SSSR count). The van der Waals surface area contributed by atoms with Crippen LogP contribution in [0.5, 0.6) is 0 Å². The number of aryl methyl sites for hydroxylation is 2. The van der Waals surface area contributed by atoms with Crippen LogP contribution in [0.3, 0.4) is 0 Å². The second-order valence-corrected chi connectivity index (χ2v) is 6.11. The predicted octanol–water partition coefficient (Wildman–Crippen LogP) is 1.41. The highest BCUT2D eigenvalue weighted by Gasteiger charge is 2.16. The molecule has 134 valence electrons. The Morgan fingerprint density at radius 2 is 2.00 bits per heavy atom. The van der Waals surface area contributed by atoms with Crippen molar-refractivity contribution in [1.29, 1.82) is 0 Å². The van der Waals surface area contributed by atoms with Crippen molar-refractivity contribution >= 4 is 5.91 Å². The van der Waals surface area contributed by atoms with Gasteiger partial charge in [-0.25, -0.2) is 18.3 Å². The number of carbonyl (C=O) groups excluding carboxylic acids is 1. The zero-order chi connectivity index (χ0) is 17.8. The van der Waals surface area contributed by atoms with Gasteiger partial charge in [0.1, 0.15) is 17.5 Å². The van der Waals surface area contributed by atoms with E-state index in [2.05, 4.69) is 10.4 Å². The number of nitrogens with zero attached hydrogens (tertiary/aromatic N) is 3. The smallest absolute Gasteiger partial charge is 0.345 e. The largest absolute Gasteiger partial charge is 0.356 e. The van der Waals surface area contributed by atoms with Crippen LogP contribution in [0.15, 0.2) is 23.0 Å². The summed E-state index contributed by atoms with van der Waals surface area (Å²) >= 11 is 0. The van der Waals surface area contributed by atoms with E-state index >= 15 is 0 Å². The van der Waals surface area contributed by atoms with Crippen LogP contribution in [-0.4, -0.2) is 26.8 Å². The van der Waals surface area contributed by atoms with Crippen molar-refractivity contribution in [2.45, 2.75) is 45.2 Å². The highest BCUT2D eigenvalue weighted by atomic mass is 19.1. The summed E-state index contributed by atoms with van der Waals surface area (Å²) in [5, 5.41) is 6.93. The topological polar surface area (TPSA) is 68.9 Å². The molecule has 1 aliphatic heterocycles. The number of hydrogen-bond donors (Lipinski definition) is 1. The molecule has 1 aliphatic rings. The molecule has 0 bridgehead atoms. The maximum absolute atomic E-state index is 13.5. The first-order valence-electron chi connectivity index (χ1n) is 8.42. The molecule has 1 aromatic heterocycles. The third-order valence-corrected chi connectivity index (χ3v) is 4.30. The standard InChI is InChI=1S/C17H20F2N4O2/c18-13-5-3-6-14(19)12(13)11-16(24)20-8-4-10-23-17(25)22-9-2-1-7-15(22)21-23/h3,5-6H,1-2,4,7-11H2,(H,20,24). The molecule has 25 heavy (non-hydrogen) atoms. The van der Waals surface area contributed by atoms with Gasteiger partial charge in [0.15, 0.2) is 0 Å². The van der Waals surface area contributed by atoms with Gasteiger partial charge in [0.05, 0.1) is 6.42 Å². The molecule has 1 aromatic carbocycles. The summed E-state index contributed by atoms with van der Waals surface area (Å²) in [6.07, 6.45) is 3.01. The van der Waals surface area contributed by atoms with E-state index in [1.54, 1.807) is 4.57 Å². The van der Waals surface area contributed by atoms with E-state index in [0.29, 0.717) is 26.1 Å². The molecule has 0 saturated carbocycles. The molecule has 0 aliphatic carbocycles. The Kier molecular flexibility index (Phi) is 5.25. The monoisotopic (exact) mass is 350 g/mol. The fourth-order valence-electron chi connectivity index (χ4n) is 2.98. The van der Waals surface area contributed by atoms with Crippen LogP contribution < -0.4 is 11.0 Å². The summed E-state index contributed by atoms with van der Waals surface area (Å²) in [7, 11) is 0. The van der Waals surface area contributed by atoms with Crippen LogP contribution in [0.4, 0.5) is 8.78 Å². The van der Waals surface area contributed by atoms with Crippen molar-refractivity contribution in [3.63, 3.8) is 0 Å². The molecule has 6 nitrogen and oxygen atoms in total. The summed E-state index contributed by atoms with van der Waals surface area (Å²) in [4.78, 5) is 24.0. The minimum absolute atomic E-state index is 0.116. The number of aromatic nitrogens is 3. The van der Waals surface area contributed by atoms with Crippen molar-refractivity contribution in [3.8, 4) is 0 Å². The molecule has 0 unspecified atom stereocenters. The molecule has 1 N–H and O–H groups in total. The normalized spacial score (nSPS) is 13.5. The lowest BCUT2D eigenvalue weighted by molar-refractivity contribution is -0.120. The fourth-order valence-corrected chi connectivity index (χ4v) is 2.98. The number of nitrogens with one attached hydrogen (secondary N) is 1. The Labute approximate surface area is 143 Å². The van der Waals surface area contributed by atoms with Crippen LogP contribution in [0, 0.1) is 11.6 Å². The molecular formula is C17H20F2N4O2. The second-order valence-electron chi connectivity index (χ2n) is 6.11. The molecule has 0 spiro atoms. The zero-order valence-electron chi connectivity index (χ0n) is 13.8. The Morgan fingerprint density at radius 3 is 2.72 bits per heavy atom. The third kappa shape index (κ3) is 3.94. The van der Waals surface area contributed by atoms with Gasteiger partial charge in [0, 0.05) is 31.6 Å². The Bertz CT molecular complexity index is 808. The van der Waals surface area contributed by atoms with E-state index < -0.39 is 17.5 Å². The van der Waals surface area contributed by atoms with E-state index in [1.807, 2.05) is 0 Å². The summed E-state index contributed by atoms with van der Waals surface area (Å²) in [6, 6.07) is 3.51. The maximum Gasteiger partial charge on any atom is 0.345 e. The average molecular weight is 350 g/mol. The lowest BCUT2D eigenvalue weighted by Crippen LogP contribution is -2.30. The number of halogens is 2. The van der Waals surface area contributed by atoms with Crippen molar-refractivity contribution < 1.29 is 13.6 Å². The van der Waals surface area contributed by atoms with Crippen LogP contribution in [0.25, 0.3) is 0 Å². The maximum atomic E-state index is 13.5. The quantitative estimate of drug-likeness (QED) is 0.801. The van der Waals surface area contributed by atoms with Crippen molar-refractivity contribution in [1.82, 2.24) is 19.7 Å². The van der Waals surface area contributed by atoms with Gasteiger partial charge >= 0.3 is 5.69 Å². The summed E-state index contributed by atoms with van der Waals surface area (Å²) in [5.74, 6) is -1.11. The van der Waals surface area contributed by atoms with Crippen LogP contribution in [-0.2, 0) is 30.7 Å². The molecule has 0 radical (unpaired) electrons. The Hall–Kier alpha value is -2.51. The van der Waals surface area contributed by atoms with Crippen molar-refractivity contribution in [2.75, 3.05) is 6.54 Å². The van der Waals surface area contributed by atoms with Gasteiger partial charge < -0.3 is 5.32 Å². The lowest BCUT2D eigenvalue weighted by Gasteiger charge is -2.09. The molecule has 1 amide bonds. The van der Waals surface area contributed by atoms with Gasteiger partial charge in [0.25, 0.3) is 0 Å². The van der Waals surface area contributed by atoms with E-state index in [9.17, 15) is 18.4 Å². The number of fused-ring (bicyclic) bond motifs is 1. The van der Waals surface area contributed by atoms with Gasteiger partial charge in [-0.05, 0) is 31.4 Å². The highest BCUT2D eigenvalue weighted by Crippen LogP contribution is 2.12. The summed E-state index contributed by atoms with van der Waals surface area (Å²) < 4.78 is 30.1. The number of rotatable bonds is 6. The SMILES string of the molecule is O=C(Cc1c(F)cccc1F)NCCCn1nc2n(c1=O)CCCC2. The molecular weight excluding hydrogens is 330 g/mol. The average Bonchev–Trinajstić information content (AvgIpc) is 2.92. The van der Waals surface area contributed by atoms with Crippen LogP contribution in [0.1, 0.15) is 30.7 Å². The fraction of sp³-hybridized carbons (Fsp3) is 0.471. The third-order valence-electron chi connectivity index (χ3n) is 4.30. The number of benzene rings is 1. The van der Waals surface area contributed by atoms with Crippen molar-refractivity contribution in [3.05, 3.63) is 51.7 Å². The number of amides is 1. The van der Waals surface area contributed by atoms with E-state index in [-0.39, 0.29) is 17.7 Å². The minimum Gasteiger partial charge on any atom is -0.356 e. The zero-order valence-corrected chi connectivity index (χ0v) is 13.8. The van der Waals surface area contributed by atoms with Gasteiger partial charge in [-0.2, -0.15) is 5.10 Å². The Morgan fingerprint density at radius 1 is 1.24 bits per heavy atom. The first kappa shape index (κ1) is 17.3. The van der Waals surface area contributed by atoms with Gasteiger partial charge in [-0.3, -0.25) is 9.36 Å². The first-order valence-corrected chi connectivity index (χ1v) is 8.42. The molecule has 2 aromatic rings. The van der Waals surface area contributed by atoms with Gasteiger partial charge in [-0.15, -0.1) is 0 Å². The second kappa shape index (κ2) is 7.58. The first-order chi connectivity index (χ1) is 12.1. The van der Waals surface area contributed by atoms with Crippen LogP contribution in [0.2, 0.25) is 0 Å². The van der Waals surface area contributed by atoms with Gasteiger partial charge in [0.2, 0.25) is 5.91 Å². The molecule has 8 heteroatoms. The van der Waals surface area contributed by atoms with Crippen LogP contribution >= 0.6 is 0 Å². The highest BCUT2D eigenvalue weighted by molar-refractivity contribution is 5.78. The summed E-state index contributed by atoms with van der Waals surface area (Å²) in [6.45, 7) is 1.41. The Balaban J connectivity index is 1.48. The predicted molar refractivity (Wildman–Crippen MR) is 87.1 cm³/mol.